The van der Waals surface area contributed by atoms with Crippen molar-refractivity contribution < 1.29 is 9.59 Å². The van der Waals surface area contributed by atoms with Crippen molar-refractivity contribution in [1.82, 2.24) is 15.2 Å². The first-order valence-corrected chi connectivity index (χ1v) is 10.8. The summed E-state index contributed by atoms with van der Waals surface area (Å²) in [6.45, 7) is 2.43. The van der Waals surface area contributed by atoms with Gasteiger partial charge in [-0.25, -0.2) is 4.98 Å². The number of piperidine rings is 1. The van der Waals surface area contributed by atoms with E-state index in [1.165, 1.54) is 0 Å². The fourth-order valence-corrected chi connectivity index (χ4v) is 3.65. The summed E-state index contributed by atoms with van der Waals surface area (Å²) >= 11 is 9.20. The van der Waals surface area contributed by atoms with Gasteiger partial charge in [0.05, 0.1) is 6.54 Å². The number of anilines is 1. The number of carbonyl (C=O) groups excluding carboxylic acids is 2. The van der Waals surface area contributed by atoms with Gasteiger partial charge in [0, 0.05) is 28.2 Å². The number of nitrogens with zero attached hydrogens (tertiary/aromatic N) is 2. The van der Waals surface area contributed by atoms with Crippen LogP contribution in [0.15, 0.2) is 47.1 Å². The van der Waals surface area contributed by atoms with Gasteiger partial charge in [0.2, 0.25) is 11.8 Å². The maximum Gasteiger partial charge on any atom is 0.234 e. The average Bonchev–Trinajstić information content (AvgIpc) is 2.72. The molecule has 1 aromatic heterocycles. The maximum atomic E-state index is 12.4. The number of carbonyl (C=O) groups is 2. The monoisotopic (exact) mass is 478 g/mol. The van der Waals surface area contributed by atoms with E-state index < -0.39 is 0 Å². The first-order valence-electron chi connectivity index (χ1n) is 9.65. The Labute approximate surface area is 184 Å². The Morgan fingerprint density at radius 3 is 2.52 bits per heavy atom. The molecular weight excluding hydrogens is 456 g/mol. The van der Waals surface area contributed by atoms with Crippen LogP contribution in [-0.4, -0.2) is 47.9 Å². The van der Waals surface area contributed by atoms with Crippen molar-refractivity contribution in [1.29, 1.82) is 0 Å². The van der Waals surface area contributed by atoms with Crippen LogP contribution >= 0.6 is 27.5 Å². The lowest BCUT2D eigenvalue weighted by molar-refractivity contribution is -0.123. The first-order chi connectivity index (χ1) is 14.0. The molecule has 154 valence electrons. The Bertz CT molecular complexity index is 822. The summed E-state index contributed by atoms with van der Waals surface area (Å²) in [5.74, 6) is 0.512. The fourth-order valence-electron chi connectivity index (χ4n) is 3.29. The van der Waals surface area contributed by atoms with Crippen LogP contribution in [0.5, 0.6) is 0 Å². The molecule has 0 saturated carbocycles. The summed E-state index contributed by atoms with van der Waals surface area (Å²) in [4.78, 5) is 30.9. The number of likely N-dealkylation sites (tertiary alicyclic amines) is 1. The number of aromatic nitrogens is 1. The Balaban J connectivity index is 1.34. The van der Waals surface area contributed by atoms with E-state index in [4.69, 9.17) is 11.6 Å². The van der Waals surface area contributed by atoms with E-state index in [9.17, 15) is 9.59 Å². The highest BCUT2D eigenvalue weighted by atomic mass is 79.9. The summed E-state index contributed by atoms with van der Waals surface area (Å²) in [6.07, 6.45) is 3.90. The van der Waals surface area contributed by atoms with Crippen molar-refractivity contribution in [3.63, 3.8) is 0 Å². The fraction of sp³-hybridized carbons (Fsp3) is 0.381. The second-order valence-electron chi connectivity index (χ2n) is 7.13. The summed E-state index contributed by atoms with van der Waals surface area (Å²) in [5.41, 5.74) is 1.14. The number of rotatable bonds is 7. The molecule has 1 aliphatic rings. The molecule has 1 fully saturated rings. The van der Waals surface area contributed by atoms with E-state index in [1.807, 2.05) is 30.3 Å². The molecule has 29 heavy (non-hydrogen) atoms. The zero-order valence-electron chi connectivity index (χ0n) is 16.0. The molecule has 0 spiro atoms. The Morgan fingerprint density at radius 1 is 1.14 bits per heavy atom. The summed E-state index contributed by atoms with van der Waals surface area (Å²) < 4.78 is 0.871. The molecular formula is C21H24BrClN4O2. The van der Waals surface area contributed by atoms with Crippen molar-refractivity contribution in [2.75, 3.05) is 31.5 Å². The second-order valence-corrected chi connectivity index (χ2v) is 8.48. The lowest BCUT2D eigenvalue weighted by Crippen LogP contribution is -2.43. The predicted octanol–water partition coefficient (Wildman–Crippen LogP) is 3.51. The summed E-state index contributed by atoms with van der Waals surface area (Å²) in [5, 5.41) is 6.53. The zero-order valence-corrected chi connectivity index (χ0v) is 18.4. The molecule has 3 rings (SSSR count). The van der Waals surface area contributed by atoms with Gasteiger partial charge in [-0.3, -0.25) is 14.5 Å². The Hall–Kier alpha value is -1.96. The van der Waals surface area contributed by atoms with Crippen LogP contribution in [0.4, 0.5) is 5.82 Å². The number of nitrogens with one attached hydrogen (secondary N) is 2. The highest BCUT2D eigenvalue weighted by molar-refractivity contribution is 9.10. The Kier molecular flexibility index (Phi) is 8.03. The van der Waals surface area contributed by atoms with Crippen LogP contribution in [0, 0.1) is 5.92 Å². The predicted molar refractivity (Wildman–Crippen MR) is 118 cm³/mol. The van der Waals surface area contributed by atoms with Gasteiger partial charge in [-0.15, -0.1) is 0 Å². The van der Waals surface area contributed by atoms with Gasteiger partial charge < -0.3 is 10.6 Å². The molecule has 8 heteroatoms. The average molecular weight is 480 g/mol. The van der Waals surface area contributed by atoms with Crippen molar-refractivity contribution >= 4 is 45.2 Å². The van der Waals surface area contributed by atoms with E-state index in [-0.39, 0.29) is 17.7 Å². The van der Waals surface area contributed by atoms with Gasteiger partial charge in [0.15, 0.2) is 0 Å². The minimum absolute atomic E-state index is 0.00751. The van der Waals surface area contributed by atoms with Crippen LogP contribution in [0.3, 0.4) is 0 Å². The highest BCUT2D eigenvalue weighted by Gasteiger charge is 2.26. The van der Waals surface area contributed by atoms with E-state index in [0.29, 0.717) is 23.9 Å². The molecule has 2 N–H and O–H groups in total. The van der Waals surface area contributed by atoms with Crippen molar-refractivity contribution in [2.45, 2.75) is 19.3 Å². The topological polar surface area (TPSA) is 74.3 Å². The van der Waals surface area contributed by atoms with Crippen molar-refractivity contribution in [2.24, 2.45) is 5.92 Å². The number of hydrogen-bond acceptors (Lipinski definition) is 4. The molecule has 0 atom stereocenters. The van der Waals surface area contributed by atoms with Gasteiger partial charge in [-0.05, 0) is 78.1 Å². The SMILES string of the molecule is O=C(CN1CCC(C(=O)Nc2ccc(Br)cn2)CC1)NCCc1ccc(Cl)cc1. The van der Waals surface area contributed by atoms with Gasteiger partial charge in [0.25, 0.3) is 0 Å². The number of pyridine rings is 1. The normalized spacial score (nSPS) is 15.1. The molecule has 0 bridgehead atoms. The lowest BCUT2D eigenvalue weighted by atomic mass is 9.96. The molecule has 2 aromatic rings. The minimum atomic E-state index is -0.0512. The van der Waals surface area contributed by atoms with Crippen LogP contribution in [0.1, 0.15) is 18.4 Å². The molecule has 6 nitrogen and oxygen atoms in total. The zero-order chi connectivity index (χ0) is 20.6. The molecule has 0 radical (unpaired) electrons. The van der Waals surface area contributed by atoms with Crippen LogP contribution in [0.2, 0.25) is 5.02 Å². The van der Waals surface area contributed by atoms with Crippen LogP contribution in [-0.2, 0) is 16.0 Å². The number of hydrogen-bond donors (Lipinski definition) is 2. The largest absolute Gasteiger partial charge is 0.355 e. The van der Waals surface area contributed by atoms with Gasteiger partial charge in [0.1, 0.15) is 5.82 Å². The van der Waals surface area contributed by atoms with Gasteiger partial charge >= 0.3 is 0 Å². The van der Waals surface area contributed by atoms with Crippen LogP contribution in [0.25, 0.3) is 0 Å². The third kappa shape index (κ3) is 7.10. The van der Waals surface area contributed by atoms with Crippen LogP contribution < -0.4 is 10.6 Å². The third-order valence-corrected chi connectivity index (χ3v) is 5.67. The molecule has 1 aliphatic heterocycles. The Morgan fingerprint density at radius 2 is 1.86 bits per heavy atom. The maximum absolute atomic E-state index is 12.4. The number of benzene rings is 1. The lowest BCUT2D eigenvalue weighted by Gasteiger charge is -2.30. The smallest absolute Gasteiger partial charge is 0.234 e. The third-order valence-electron chi connectivity index (χ3n) is 4.95. The molecule has 1 aromatic carbocycles. The van der Waals surface area contributed by atoms with Gasteiger partial charge in [-0.2, -0.15) is 0 Å². The van der Waals surface area contributed by atoms with Crippen molar-refractivity contribution in [3.8, 4) is 0 Å². The minimum Gasteiger partial charge on any atom is -0.355 e. The van der Waals surface area contributed by atoms with E-state index in [2.05, 4.69) is 36.4 Å². The molecule has 0 unspecified atom stereocenters. The number of amides is 2. The molecule has 1 saturated heterocycles. The highest BCUT2D eigenvalue weighted by Crippen LogP contribution is 2.19. The second kappa shape index (κ2) is 10.7. The first kappa shape index (κ1) is 21.7. The van der Waals surface area contributed by atoms with Crippen molar-refractivity contribution in [3.05, 3.63) is 57.7 Å². The van der Waals surface area contributed by atoms with E-state index >= 15 is 0 Å². The quantitative estimate of drug-likeness (QED) is 0.637. The standard InChI is InChI=1S/C21H24BrClN4O2/c22-17-3-6-19(25-13-17)26-21(29)16-8-11-27(12-9-16)14-20(28)24-10-7-15-1-4-18(23)5-2-15/h1-6,13,16H,7-12,14H2,(H,24,28)(H,25,26,29). The number of halogens is 2. The summed E-state index contributed by atoms with van der Waals surface area (Å²) in [7, 11) is 0. The summed E-state index contributed by atoms with van der Waals surface area (Å²) in [6, 6.07) is 11.3. The van der Waals surface area contributed by atoms with E-state index in [0.717, 1.165) is 42.4 Å². The van der Waals surface area contributed by atoms with Gasteiger partial charge in [-0.1, -0.05) is 23.7 Å². The molecule has 2 heterocycles. The molecule has 0 aliphatic carbocycles. The molecule has 2 amide bonds. The van der Waals surface area contributed by atoms with E-state index in [1.54, 1.807) is 12.3 Å².